The van der Waals surface area contributed by atoms with E-state index in [1.807, 2.05) is 0 Å². The molecular weight excluding hydrogens is 510 g/mol. The maximum atomic E-state index is 15.4. The molecule has 0 spiro atoms. The summed E-state index contributed by atoms with van der Waals surface area (Å²) in [5.74, 6) is -1.70. The number of anilines is 2. The van der Waals surface area contributed by atoms with Crippen LogP contribution in [0.2, 0.25) is 0 Å². The van der Waals surface area contributed by atoms with Gasteiger partial charge in [-0.1, -0.05) is 41.7 Å². The van der Waals surface area contributed by atoms with E-state index in [9.17, 15) is 22.8 Å². The normalized spacial score (nSPS) is 13.4. The van der Waals surface area contributed by atoms with Gasteiger partial charge in [0.05, 0.1) is 22.3 Å². The smallest absolute Gasteiger partial charge is 0.406 e. The van der Waals surface area contributed by atoms with Gasteiger partial charge in [-0.25, -0.2) is 9.37 Å². The number of ether oxygens (including phenoxy) is 1. The second kappa shape index (κ2) is 9.81. The number of carbonyl (C=O) groups is 2. The molecule has 3 aromatic carbocycles. The Labute approximate surface area is 212 Å². The largest absolute Gasteiger partial charge is 0.573 e. The predicted molar refractivity (Wildman–Crippen MR) is 132 cm³/mol. The average Bonchev–Trinajstić information content (AvgIpc) is 3.60. The number of benzene rings is 3. The molecular formula is C26H19F4N3O3S. The molecule has 2 N–H and O–H groups in total. The van der Waals surface area contributed by atoms with E-state index in [1.165, 1.54) is 29.5 Å². The zero-order valence-electron chi connectivity index (χ0n) is 19.1. The van der Waals surface area contributed by atoms with Crippen molar-refractivity contribution in [2.45, 2.75) is 25.6 Å². The number of nitrogens with one attached hydrogen (secondary N) is 2. The summed E-state index contributed by atoms with van der Waals surface area (Å²) in [7, 11) is 0. The standard InChI is InChI=1S/C26H19F4N3O3S/c27-23-18(16-9-10-19-21(13-16)37-25(32-19)33-24(35)15-7-8-15)5-2-6-20(23)31-22(34)12-14-3-1-4-17(11-14)36-26(28,29)30/h1-6,9-11,13,15H,7-8,12H2,(H,31,34)(H,32,33,35). The molecule has 0 radical (unpaired) electrons. The molecule has 190 valence electrons. The Hall–Kier alpha value is -3.99. The van der Waals surface area contributed by atoms with Crippen molar-refractivity contribution in [2.24, 2.45) is 5.92 Å². The first-order valence-corrected chi connectivity index (χ1v) is 12.1. The van der Waals surface area contributed by atoms with Crippen molar-refractivity contribution < 1.29 is 31.9 Å². The van der Waals surface area contributed by atoms with Gasteiger partial charge in [0.15, 0.2) is 10.9 Å². The van der Waals surface area contributed by atoms with E-state index >= 15 is 4.39 Å². The average molecular weight is 530 g/mol. The lowest BCUT2D eigenvalue weighted by Gasteiger charge is -2.12. The summed E-state index contributed by atoms with van der Waals surface area (Å²) in [6, 6.07) is 14.8. The number of halogens is 4. The molecule has 0 saturated heterocycles. The van der Waals surface area contributed by atoms with Crippen LogP contribution >= 0.6 is 11.3 Å². The fourth-order valence-electron chi connectivity index (χ4n) is 3.78. The number of nitrogens with zero attached hydrogens (tertiary/aromatic N) is 1. The fourth-order valence-corrected chi connectivity index (χ4v) is 4.69. The molecule has 1 heterocycles. The summed E-state index contributed by atoms with van der Waals surface area (Å²) in [4.78, 5) is 28.9. The highest BCUT2D eigenvalue weighted by Crippen LogP contribution is 2.35. The molecule has 11 heteroatoms. The maximum absolute atomic E-state index is 15.4. The van der Waals surface area contributed by atoms with E-state index in [0.717, 1.165) is 29.7 Å². The van der Waals surface area contributed by atoms with Gasteiger partial charge < -0.3 is 15.4 Å². The van der Waals surface area contributed by atoms with Gasteiger partial charge in [0.1, 0.15) is 5.75 Å². The number of carbonyl (C=O) groups excluding carboxylic acids is 2. The lowest BCUT2D eigenvalue weighted by atomic mass is 10.0. The molecule has 1 fully saturated rings. The van der Waals surface area contributed by atoms with Gasteiger partial charge in [-0.15, -0.1) is 13.2 Å². The molecule has 1 aliphatic carbocycles. The number of hydrogen-bond donors (Lipinski definition) is 2. The van der Waals surface area contributed by atoms with Crippen molar-refractivity contribution in [2.75, 3.05) is 10.6 Å². The van der Waals surface area contributed by atoms with Crippen LogP contribution in [0.15, 0.2) is 60.7 Å². The van der Waals surface area contributed by atoms with Crippen molar-refractivity contribution in [1.82, 2.24) is 4.98 Å². The molecule has 6 nitrogen and oxygen atoms in total. The van der Waals surface area contributed by atoms with E-state index in [-0.39, 0.29) is 35.1 Å². The van der Waals surface area contributed by atoms with Crippen molar-refractivity contribution in [1.29, 1.82) is 0 Å². The van der Waals surface area contributed by atoms with Gasteiger partial charge in [-0.3, -0.25) is 9.59 Å². The molecule has 4 aromatic rings. The van der Waals surface area contributed by atoms with Crippen LogP contribution in [0.1, 0.15) is 18.4 Å². The first-order valence-electron chi connectivity index (χ1n) is 11.3. The van der Waals surface area contributed by atoms with E-state index in [1.54, 1.807) is 30.3 Å². The molecule has 0 atom stereocenters. The second-order valence-electron chi connectivity index (χ2n) is 8.55. The van der Waals surface area contributed by atoms with Crippen molar-refractivity contribution in [3.63, 3.8) is 0 Å². The number of rotatable bonds is 7. The minimum atomic E-state index is -4.85. The van der Waals surface area contributed by atoms with Crippen LogP contribution in [-0.2, 0) is 16.0 Å². The predicted octanol–water partition coefficient (Wildman–Crippen LogP) is 6.53. The minimum Gasteiger partial charge on any atom is -0.406 e. The Morgan fingerprint density at radius 3 is 2.57 bits per heavy atom. The number of fused-ring (bicyclic) bond motifs is 1. The number of alkyl halides is 3. The molecule has 2 amide bonds. The zero-order chi connectivity index (χ0) is 26.2. The fraction of sp³-hybridized carbons (Fsp3) is 0.192. The molecule has 0 unspecified atom stereocenters. The van der Waals surface area contributed by atoms with Crippen LogP contribution in [0.25, 0.3) is 21.3 Å². The lowest BCUT2D eigenvalue weighted by Crippen LogP contribution is -2.18. The summed E-state index contributed by atoms with van der Waals surface area (Å²) < 4.78 is 57.3. The van der Waals surface area contributed by atoms with E-state index < -0.39 is 23.8 Å². The van der Waals surface area contributed by atoms with Crippen LogP contribution < -0.4 is 15.4 Å². The van der Waals surface area contributed by atoms with Crippen LogP contribution in [0.4, 0.5) is 28.4 Å². The van der Waals surface area contributed by atoms with E-state index in [0.29, 0.717) is 16.2 Å². The van der Waals surface area contributed by atoms with Gasteiger partial charge in [-0.2, -0.15) is 0 Å². The van der Waals surface area contributed by atoms with Crippen molar-refractivity contribution in [3.8, 4) is 16.9 Å². The van der Waals surface area contributed by atoms with Gasteiger partial charge in [-0.05, 0) is 54.3 Å². The lowest BCUT2D eigenvalue weighted by molar-refractivity contribution is -0.274. The molecule has 5 rings (SSSR count). The zero-order valence-corrected chi connectivity index (χ0v) is 19.9. The third-order valence-corrected chi connectivity index (χ3v) is 6.58. The third kappa shape index (κ3) is 6.05. The minimum absolute atomic E-state index is 0.0478. The van der Waals surface area contributed by atoms with Crippen molar-refractivity contribution in [3.05, 3.63) is 72.0 Å². The number of thiazole rings is 1. The Balaban J connectivity index is 1.31. The summed E-state index contributed by atoms with van der Waals surface area (Å²) in [5.41, 5.74) is 1.68. The van der Waals surface area contributed by atoms with E-state index in [4.69, 9.17) is 0 Å². The van der Waals surface area contributed by atoms with Crippen LogP contribution in [0, 0.1) is 11.7 Å². The Morgan fingerprint density at radius 1 is 1.03 bits per heavy atom. The van der Waals surface area contributed by atoms with Crippen molar-refractivity contribution >= 4 is 44.2 Å². The summed E-state index contributed by atoms with van der Waals surface area (Å²) in [5, 5.41) is 5.78. The van der Waals surface area contributed by atoms with Gasteiger partial charge >= 0.3 is 6.36 Å². The summed E-state index contributed by atoms with van der Waals surface area (Å²) in [6.07, 6.45) is -3.36. The monoisotopic (exact) mass is 529 g/mol. The first kappa shape index (κ1) is 24.7. The van der Waals surface area contributed by atoms with Crippen LogP contribution in [0.3, 0.4) is 0 Å². The molecule has 1 aromatic heterocycles. The third-order valence-electron chi connectivity index (χ3n) is 5.65. The number of aromatic nitrogens is 1. The Bertz CT molecular complexity index is 1500. The molecule has 37 heavy (non-hydrogen) atoms. The Kier molecular flexibility index (Phi) is 6.55. The van der Waals surface area contributed by atoms with Crippen LogP contribution in [-0.4, -0.2) is 23.2 Å². The highest BCUT2D eigenvalue weighted by Gasteiger charge is 2.31. The number of hydrogen-bond acceptors (Lipinski definition) is 5. The molecule has 1 aliphatic rings. The molecule has 0 aliphatic heterocycles. The van der Waals surface area contributed by atoms with Gasteiger partial charge in [0.2, 0.25) is 11.8 Å². The quantitative estimate of drug-likeness (QED) is 0.267. The SMILES string of the molecule is O=C(Cc1cccc(OC(F)(F)F)c1)Nc1cccc(-c2ccc3nc(NC(=O)C4CC4)sc3c2)c1F. The topological polar surface area (TPSA) is 80.3 Å². The molecule has 0 bridgehead atoms. The number of amides is 2. The van der Waals surface area contributed by atoms with E-state index in [2.05, 4.69) is 20.4 Å². The second-order valence-corrected chi connectivity index (χ2v) is 9.58. The summed E-state index contributed by atoms with van der Waals surface area (Å²) >= 11 is 1.29. The highest BCUT2D eigenvalue weighted by atomic mass is 32.1. The van der Waals surface area contributed by atoms with Gasteiger partial charge in [0.25, 0.3) is 0 Å². The Morgan fingerprint density at radius 2 is 1.81 bits per heavy atom. The van der Waals surface area contributed by atoms with Gasteiger partial charge in [0, 0.05) is 11.5 Å². The van der Waals surface area contributed by atoms with Crippen LogP contribution in [0.5, 0.6) is 5.75 Å². The highest BCUT2D eigenvalue weighted by molar-refractivity contribution is 7.22. The first-order chi connectivity index (χ1) is 17.6. The molecule has 1 saturated carbocycles. The maximum Gasteiger partial charge on any atom is 0.573 e. The summed E-state index contributed by atoms with van der Waals surface area (Å²) in [6.45, 7) is 0.